The average Bonchev–Trinajstić information content (AvgIpc) is 2.47. The highest BCUT2D eigenvalue weighted by Crippen LogP contribution is 2.22. The summed E-state index contributed by atoms with van der Waals surface area (Å²) in [4.78, 5) is 16.3. The van der Waals surface area contributed by atoms with Gasteiger partial charge in [-0.25, -0.2) is 0 Å². The van der Waals surface area contributed by atoms with Crippen LogP contribution in [0.15, 0.2) is 24.3 Å². The van der Waals surface area contributed by atoms with E-state index in [-0.39, 0.29) is 0 Å². The lowest BCUT2D eigenvalue weighted by Crippen LogP contribution is -2.49. The van der Waals surface area contributed by atoms with Crippen LogP contribution in [-0.2, 0) is 11.2 Å². The minimum atomic E-state index is 0.311. The monoisotopic (exact) mass is 260 g/mol. The molecule has 19 heavy (non-hydrogen) atoms. The molecule has 3 heteroatoms. The molecule has 0 N–H and O–H groups in total. The molecule has 1 aromatic carbocycles. The van der Waals surface area contributed by atoms with E-state index in [1.165, 1.54) is 11.3 Å². The van der Waals surface area contributed by atoms with Gasteiger partial charge < -0.3 is 9.80 Å². The summed E-state index contributed by atoms with van der Waals surface area (Å²) in [6.45, 7) is 7.87. The first-order valence-corrected chi connectivity index (χ1v) is 7.36. The van der Waals surface area contributed by atoms with Crippen LogP contribution in [0.3, 0.4) is 0 Å². The van der Waals surface area contributed by atoms with Crippen LogP contribution >= 0.6 is 0 Å². The first-order valence-electron chi connectivity index (χ1n) is 7.36. The van der Waals surface area contributed by atoms with Gasteiger partial charge in [-0.05, 0) is 24.5 Å². The Bertz CT molecular complexity index is 423. The minimum absolute atomic E-state index is 0.311. The van der Waals surface area contributed by atoms with Gasteiger partial charge >= 0.3 is 0 Å². The van der Waals surface area contributed by atoms with Crippen LogP contribution in [0.4, 0.5) is 5.69 Å². The van der Waals surface area contributed by atoms with Crippen LogP contribution < -0.4 is 4.90 Å². The molecule has 1 aliphatic rings. The number of nitrogens with zero attached hydrogens (tertiary/aromatic N) is 2. The topological polar surface area (TPSA) is 23.6 Å². The molecule has 0 aromatic heterocycles. The Morgan fingerprint density at radius 1 is 1.11 bits per heavy atom. The van der Waals surface area contributed by atoms with Crippen LogP contribution in [0.2, 0.25) is 0 Å². The van der Waals surface area contributed by atoms with E-state index in [1.54, 1.807) is 0 Å². The van der Waals surface area contributed by atoms with Gasteiger partial charge in [-0.15, -0.1) is 0 Å². The van der Waals surface area contributed by atoms with Crippen molar-refractivity contribution < 1.29 is 4.79 Å². The molecule has 0 spiro atoms. The van der Waals surface area contributed by atoms with Crippen molar-refractivity contribution in [1.29, 1.82) is 0 Å². The Kier molecular flexibility index (Phi) is 4.83. The van der Waals surface area contributed by atoms with Crippen molar-refractivity contribution in [2.75, 3.05) is 31.1 Å². The molecular weight excluding hydrogens is 236 g/mol. The molecule has 1 aromatic rings. The van der Waals surface area contributed by atoms with Gasteiger partial charge in [-0.2, -0.15) is 0 Å². The van der Waals surface area contributed by atoms with Gasteiger partial charge in [-0.1, -0.05) is 32.0 Å². The third-order valence-corrected chi connectivity index (χ3v) is 3.81. The van der Waals surface area contributed by atoms with Gasteiger partial charge in [0.05, 0.1) is 0 Å². The highest BCUT2D eigenvalue weighted by Gasteiger charge is 2.21. The second kappa shape index (κ2) is 6.60. The largest absolute Gasteiger partial charge is 0.368 e. The van der Waals surface area contributed by atoms with Crippen molar-refractivity contribution >= 4 is 11.6 Å². The third kappa shape index (κ3) is 3.28. The molecule has 1 heterocycles. The molecule has 104 valence electrons. The van der Waals surface area contributed by atoms with E-state index in [0.717, 1.165) is 39.0 Å². The zero-order chi connectivity index (χ0) is 13.7. The number of rotatable bonds is 4. The SMILES string of the molecule is CCCC(=O)N1CCN(c2ccccc2CC)CC1. The van der Waals surface area contributed by atoms with Gasteiger partial charge in [0.2, 0.25) is 5.91 Å². The number of amides is 1. The summed E-state index contributed by atoms with van der Waals surface area (Å²) < 4.78 is 0. The number of aryl methyl sites for hydroxylation is 1. The van der Waals surface area contributed by atoms with Gasteiger partial charge in [-0.3, -0.25) is 4.79 Å². The predicted molar refractivity (Wildman–Crippen MR) is 79.5 cm³/mol. The third-order valence-electron chi connectivity index (χ3n) is 3.81. The summed E-state index contributed by atoms with van der Waals surface area (Å²) in [5.41, 5.74) is 2.74. The number of carbonyl (C=O) groups is 1. The zero-order valence-corrected chi connectivity index (χ0v) is 12.1. The van der Waals surface area contributed by atoms with E-state index in [4.69, 9.17) is 0 Å². The molecule has 0 aliphatic carbocycles. The maximum atomic E-state index is 11.9. The molecule has 1 aliphatic heterocycles. The van der Waals surface area contributed by atoms with Crippen molar-refractivity contribution in [3.05, 3.63) is 29.8 Å². The van der Waals surface area contributed by atoms with Gasteiger partial charge in [0.1, 0.15) is 0 Å². The van der Waals surface area contributed by atoms with Crippen molar-refractivity contribution in [3.63, 3.8) is 0 Å². The highest BCUT2D eigenvalue weighted by atomic mass is 16.2. The van der Waals surface area contributed by atoms with E-state index >= 15 is 0 Å². The summed E-state index contributed by atoms with van der Waals surface area (Å²) >= 11 is 0. The number of hydrogen-bond acceptors (Lipinski definition) is 2. The molecule has 2 rings (SSSR count). The Balaban J connectivity index is 1.98. The summed E-state index contributed by atoms with van der Waals surface area (Å²) in [6.07, 6.45) is 2.69. The summed E-state index contributed by atoms with van der Waals surface area (Å²) in [7, 11) is 0. The molecule has 0 saturated carbocycles. The predicted octanol–water partition coefficient (Wildman–Crippen LogP) is 2.70. The van der Waals surface area contributed by atoms with Crippen molar-refractivity contribution in [2.24, 2.45) is 0 Å². The molecular formula is C16H24N2O. The van der Waals surface area contributed by atoms with E-state index in [2.05, 4.69) is 43.0 Å². The van der Waals surface area contributed by atoms with Crippen LogP contribution in [0.25, 0.3) is 0 Å². The lowest BCUT2D eigenvalue weighted by atomic mass is 10.1. The van der Waals surface area contributed by atoms with Crippen LogP contribution in [0.1, 0.15) is 32.3 Å². The molecule has 3 nitrogen and oxygen atoms in total. The molecule has 0 atom stereocenters. The van der Waals surface area contributed by atoms with Crippen LogP contribution in [-0.4, -0.2) is 37.0 Å². The molecule has 0 unspecified atom stereocenters. The average molecular weight is 260 g/mol. The standard InChI is InChI=1S/C16H24N2O/c1-3-7-16(19)18-12-10-17(11-13-18)15-9-6-5-8-14(15)4-2/h5-6,8-9H,3-4,7,10-13H2,1-2H3. The second-order valence-electron chi connectivity index (χ2n) is 5.10. The number of hydrogen-bond donors (Lipinski definition) is 0. The second-order valence-corrected chi connectivity index (χ2v) is 5.10. The van der Waals surface area contributed by atoms with Gasteiger partial charge in [0.15, 0.2) is 0 Å². The summed E-state index contributed by atoms with van der Waals surface area (Å²) in [5.74, 6) is 0.311. The molecule has 1 amide bonds. The number of anilines is 1. The fourth-order valence-electron chi connectivity index (χ4n) is 2.69. The Morgan fingerprint density at radius 2 is 1.79 bits per heavy atom. The number of benzene rings is 1. The fourth-order valence-corrected chi connectivity index (χ4v) is 2.69. The Hall–Kier alpha value is -1.51. The normalized spacial score (nSPS) is 15.7. The Morgan fingerprint density at radius 3 is 2.42 bits per heavy atom. The van der Waals surface area contributed by atoms with Crippen molar-refractivity contribution in [1.82, 2.24) is 4.90 Å². The molecule has 0 radical (unpaired) electrons. The maximum Gasteiger partial charge on any atom is 0.222 e. The fraction of sp³-hybridized carbons (Fsp3) is 0.562. The van der Waals surface area contributed by atoms with Crippen molar-refractivity contribution in [3.8, 4) is 0 Å². The molecule has 0 bridgehead atoms. The van der Waals surface area contributed by atoms with Crippen LogP contribution in [0, 0.1) is 0 Å². The summed E-state index contributed by atoms with van der Waals surface area (Å²) in [5, 5.41) is 0. The quantitative estimate of drug-likeness (QED) is 0.831. The van der Waals surface area contributed by atoms with Crippen LogP contribution in [0.5, 0.6) is 0 Å². The van der Waals surface area contributed by atoms with E-state index in [0.29, 0.717) is 12.3 Å². The zero-order valence-electron chi connectivity index (χ0n) is 12.1. The molecule has 1 saturated heterocycles. The lowest BCUT2D eigenvalue weighted by Gasteiger charge is -2.37. The lowest BCUT2D eigenvalue weighted by molar-refractivity contribution is -0.131. The summed E-state index contributed by atoms with van der Waals surface area (Å²) in [6, 6.07) is 8.60. The van der Waals surface area contributed by atoms with Crippen molar-refractivity contribution in [2.45, 2.75) is 33.1 Å². The minimum Gasteiger partial charge on any atom is -0.368 e. The molecule has 1 fully saturated rings. The van der Waals surface area contributed by atoms with E-state index in [1.807, 2.05) is 4.90 Å². The maximum absolute atomic E-state index is 11.9. The highest BCUT2D eigenvalue weighted by molar-refractivity contribution is 5.76. The van der Waals surface area contributed by atoms with E-state index < -0.39 is 0 Å². The smallest absolute Gasteiger partial charge is 0.222 e. The number of carbonyl (C=O) groups excluding carboxylic acids is 1. The van der Waals surface area contributed by atoms with E-state index in [9.17, 15) is 4.79 Å². The number of para-hydroxylation sites is 1. The van der Waals surface area contributed by atoms with Gasteiger partial charge in [0, 0.05) is 38.3 Å². The first-order chi connectivity index (χ1) is 9.26. The first kappa shape index (κ1) is 13.9. The number of piperazine rings is 1. The Labute approximate surface area is 116 Å². The van der Waals surface area contributed by atoms with Gasteiger partial charge in [0.25, 0.3) is 0 Å².